The van der Waals surface area contributed by atoms with Crippen LogP contribution in [0.25, 0.3) is 16.3 Å². The van der Waals surface area contributed by atoms with Crippen LogP contribution in [0.4, 0.5) is 5.69 Å². The highest BCUT2D eigenvalue weighted by Gasteiger charge is 2.08. The maximum Gasteiger partial charge on any atom is 0.216 e. The van der Waals surface area contributed by atoms with Gasteiger partial charge in [-0.15, -0.1) is 10.2 Å². The van der Waals surface area contributed by atoms with Gasteiger partial charge in [0.25, 0.3) is 0 Å². The van der Waals surface area contributed by atoms with Gasteiger partial charge in [-0.05, 0) is 17.3 Å². The van der Waals surface area contributed by atoms with Crippen LogP contribution in [-0.2, 0) is 0 Å². The van der Waals surface area contributed by atoms with Crippen molar-refractivity contribution < 1.29 is 4.74 Å². The van der Waals surface area contributed by atoms with Gasteiger partial charge in [0.15, 0.2) is 0 Å². The molecule has 0 fully saturated rings. The summed E-state index contributed by atoms with van der Waals surface area (Å²) in [4.78, 5) is 0. The molecular weight excluding hydrogens is 280 g/mol. The molecule has 0 aliphatic heterocycles. The van der Waals surface area contributed by atoms with E-state index in [0.29, 0.717) is 0 Å². The molecule has 1 heterocycles. The first kappa shape index (κ1) is 13.6. The Morgan fingerprint density at radius 2 is 2.09 bits per heavy atom. The summed E-state index contributed by atoms with van der Waals surface area (Å²) in [6.07, 6.45) is 1.55. The van der Waals surface area contributed by atoms with E-state index in [9.17, 15) is 5.26 Å². The summed E-state index contributed by atoms with van der Waals surface area (Å²) >= 11 is 0. The average Bonchev–Trinajstić information content (AvgIpc) is 3.10. The number of methoxy groups -OCH3 is 1. The first-order valence-corrected chi connectivity index (χ1v) is 6.50. The average molecular weight is 292 g/mol. The monoisotopic (exact) mass is 292 g/mol. The van der Waals surface area contributed by atoms with Crippen molar-refractivity contribution >= 4 is 22.0 Å². The number of rotatable bonds is 4. The molecule has 7 heteroatoms. The third-order valence-corrected chi connectivity index (χ3v) is 3.18. The number of aromatic amines is 1. The van der Waals surface area contributed by atoms with Crippen LogP contribution in [0.1, 0.15) is 5.82 Å². The number of nitrogens with one attached hydrogen (secondary N) is 2. The number of fused-ring (bicyclic) bond motifs is 1. The number of nitrogens with zero attached hydrogens (tertiary/aromatic N) is 4. The highest BCUT2D eigenvalue weighted by molar-refractivity contribution is 5.98. The van der Waals surface area contributed by atoms with Crippen molar-refractivity contribution in [1.29, 1.82) is 5.26 Å². The molecule has 1 aromatic heterocycles. The molecule has 108 valence electrons. The Morgan fingerprint density at radius 1 is 1.27 bits per heavy atom. The summed E-state index contributed by atoms with van der Waals surface area (Å²) in [7, 11) is 1.64. The molecule has 0 aliphatic carbocycles. The van der Waals surface area contributed by atoms with Gasteiger partial charge in [-0.3, -0.25) is 0 Å². The Labute approximate surface area is 126 Å². The van der Waals surface area contributed by atoms with Crippen molar-refractivity contribution in [2.45, 2.75) is 0 Å². The van der Waals surface area contributed by atoms with Crippen molar-refractivity contribution in [3.8, 4) is 11.8 Å². The van der Waals surface area contributed by atoms with Crippen molar-refractivity contribution in [3.05, 3.63) is 48.4 Å². The molecule has 0 bridgehead atoms. The summed E-state index contributed by atoms with van der Waals surface area (Å²) in [5.74, 6) is 1.04. The molecule has 0 spiro atoms. The number of nitriles is 1. The van der Waals surface area contributed by atoms with Gasteiger partial charge in [0.05, 0.1) is 7.11 Å². The van der Waals surface area contributed by atoms with Gasteiger partial charge in [-0.1, -0.05) is 24.3 Å². The number of hydrogen-bond acceptors (Lipinski definition) is 6. The highest BCUT2D eigenvalue weighted by atomic mass is 16.5. The standard InChI is InChI=1S/C15H12N6O/c1-22-14-7-6-13(11-4-2-3-5-12(11)14)17-9-10(8-16)15-18-20-21-19-15/h2-7,9,17H,1H3,(H,18,19,20,21). The summed E-state index contributed by atoms with van der Waals surface area (Å²) in [5.41, 5.74) is 1.14. The second kappa shape index (κ2) is 5.93. The second-order valence-corrected chi connectivity index (χ2v) is 4.41. The molecule has 3 aromatic rings. The zero-order chi connectivity index (χ0) is 15.4. The van der Waals surface area contributed by atoms with Gasteiger partial charge in [0, 0.05) is 22.7 Å². The first-order valence-electron chi connectivity index (χ1n) is 6.50. The van der Waals surface area contributed by atoms with E-state index in [-0.39, 0.29) is 11.4 Å². The SMILES string of the molecule is COc1ccc(NC=C(C#N)c2nn[nH]n2)c2ccccc12. The minimum absolute atomic E-state index is 0.243. The minimum atomic E-state index is 0.243. The van der Waals surface area contributed by atoms with Gasteiger partial charge in [-0.2, -0.15) is 10.5 Å². The topological polar surface area (TPSA) is 99.5 Å². The smallest absolute Gasteiger partial charge is 0.216 e. The molecule has 7 nitrogen and oxygen atoms in total. The van der Waals surface area contributed by atoms with Crippen LogP contribution in [0.2, 0.25) is 0 Å². The van der Waals surface area contributed by atoms with E-state index in [4.69, 9.17) is 4.74 Å². The second-order valence-electron chi connectivity index (χ2n) is 4.41. The van der Waals surface area contributed by atoms with Gasteiger partial charge in [0.2, 0.25) is 5.82 Å². The quantitative estimate of drug-likeness (QED) is 0.716. The largest absolute Gasteiger partial charge is 0.496 e. The maximum atomic E-state index is 9.17. The predicted molar refractivity (Wildman–Crippen MR) is 81.9 cm³/mol. The Bertz CT molecular complexity index is 863. The lowest BCUT2D eigenvalue weighted by molar-refractivity contribution is 0.420. The number of allylic oxidation sites excluding steroid dienone is 1. The fourth-order valence-corrected chi connectivity index (χ4v) is 2.15. The maximum absolute atomic E-state index is 9.17. The number of H-pyrrole nitrogens is 1. The molecule has 0 unspecified atom stereocenters. The van der Waals surface area contributed by atoms with Crippen molar-refractivity contribution in [1.82, 2.24) is 20.6 Å². The molecule has 0 radical (unpaired) electrons. The molecule has 0 amide bonds. The summed E-state index contributed by atoms with van der Waals surface area (Å²) in [6.45, 7) is 0. The van der Waals surface area contributed by atoms with Gasteiger partial charge in [0.1, 0.15) is 17.4 Å². The summed E-state index contributed by atoms with van der Waals surface area (Å²) in [6, 6.07) is 13.7. The molecule has 22 heavy (non-hydrogen) atoms. The normalized spacial score (nSPS) is 11.2. The molecule has 0 atom stereocenters. The third kappa shape index (κ3) is 2.45. The fourth-order valence-electron chi connectivity index (χ4n) is 2.15. The molecule has 3 rings (SSSR count). The lowest BCUT2D eigenvalue weighted by Crippen LogP contribution is -1.95. The molecule has 2 N–H and O–H groups in total. The van der Waals surface area contributed by atoms with E-state index in [2.05, 4.69) is 25.9 Å². The van der Waals surface area contributed by atoms with Gasteiger partial charge in [-0.25, -0.2) is 0 Å². The van der Waals surface area contributed by atoms with E-state index >= 15 is 0 Å². The molecular formula is C15H12N6O. The van der Waals surface area contributed by atoms with E-state index < -0.39 is 0 Å². The van der Waals surface area contributed by atoms with E-state index in [1.54, 1.807) is 13.3 Å². The Hall–Kier alpha value is -3.40. The number of hydrogen-bond donors (Lipinski definition) is 2. The third-order valence-electron chi connectivity index (χ3n) is 3.18. The van der Waals surface area contributed by atoms with E-state index in [0.717, 1.165) is 22.2 Å². The fraction of sp³-hybridized carbons (Fsp3) is 0.0667. The lowest BCUT2D eigenvalue weighted by Gasteiger charge is -2.10. The van der Waals surface area contributed by atoms with Crippen molar-refractivity contribution in [2.24, 2.45) is 0 Å². The lowest BCUT2D eigenvalue weighted by atomic mass is 10.1. The van der Waals surface area contributed by atoms with Crippen LogP contribution in [0, 0.1) is 11.3 Å². The molecule has 0 aliphatic rings. The van der Waals surface area contributed by atoms with Crippen LogP contribution in [-0.4, -0.2) is 27.7 Å². The Morgan fingerprint density at radius 3 is 2.77 bits per heavy atom. The highest BCUT2D eigenvalue weighted by Crippen LogP contribution is 2.31. The zero-order valence-electron chi connectivity index (χ0n) is 11.7. The van der Waals surface area contributed by atoms with Gasteiger partial charge >= 0.3 is 0 Å². The van der Waals surface area contributed by atoms with Crippen LogP contribution in [0.15, 0.2) is 42.6 Å². The van der Waals surface area contributed by atoms with Crippen LogP contribution >= 0.6 is 0 Å². The molecule has 0 saturated heterocycles. The number of ether oxygens (including phenoxy) is 1. The Balaban J connectivity index is 2.00. The van der Waals surface area contributed by atoms with Crippen LogP contribution < -0.4 is 10.1 Å². The van der Waals surface area contributed by atoms with Crippen LogP contribution in [0.5, 0.6) is 5.75 Å². The molecule has 0 saturated carbocycles. The predicted octanol–water partition coefficient (Wildman–Crippen LogP) is 2.34. The minimum Gasteiger partial charge on any atom is -0.496 e. The summed E-state index contributed by atoms with van der Waals surface area (Å²) in [5, 5.41) is 27.6. The van der Waals surface area contributed by atoms with E-state index in [1.807, 2.05) is 42.5 Å². The number of aromatic nitrogens is 4. The van der Waals surface area contributed by atoms with Crippen molar-refractivity contribution in [2.75, 3.05) is 12.4 Å². The number of benzene rings is 2. The molecule has 2 aromatic carbocycles. The zero-order valence-corrected chi connectivity index (χ0v) is 11.7. The summed E-state index contributed by atoms with van der Waals surface area (Å²) < 4.78 is 5.36. The van der Waals surface area contributed by atoms with E-state index in [1.165, 1.54) is 0 Å². The first-order chi connectivity index (χ1) is 10.8. The Kier molecular flexibility index (Phi) is 3.66. The number of tetrazole rings is 1. The van der Waals surface area contributed by atoms with Gasteiger partial charge < -0.3 is 10.1 Å². The van der Waals surface area contributed by atoms with Crippen LogP contribution in [0.3, 0.4) is 0 Å². The number of anilines is 1. The van der Waals surface area contributed by atoms with Crippen molar-refractivity contribution in [3.63, 3.8) is 0 Å².